The molecule has 0 saturated carbocycles. The molecule has 0 aliphatic heterocycles. The molecule has 0 heterocycles. The van der Waals surface area contributed by atoms with Gasteiger partial charge in [-0.15, -0.1) is 0 Å². The third-order valence-corrected chi connectivity index (χ3v) is 3.82. The van der Waals surface area contributed by atoms with Gasteiger partial charge in [0.2, 0.25) is 5.91 Å². The largest absolute Gasteiger partial charge is 0.493 e. The second-order valence-corrected chi connectivity index (χ2v) is 5.85. The Balaban J connectivity index is 2.12. The normalized spacial score (nSPS) is 10.9. The standard InChI is InChI=1S/C21H24N2O4/c1-15(24)23-18(13-17-9-10-19(26-2)20(14-17)27-3)21(25)22-12-11-16-7-5-4-6-8-16/h4-10,13-14H,11-12H2,1-3H3,(H,22,25)(H,23,24)/b18-13+. The Labute approximate surface area is 159 Å². The van der Waals surface area contributed by atoms with Crippen molar-refractivity contribution in [3.05, 3.63) is 65.4 Å². The Morgan fingerprint density at radius 3 is 2.33 bits per heavy atom. The van der Waals surface area contributed by atoms with Gasteiger partial charge in [-0.25, -0.2) is 0 Å². The minimum absolute atomic E-state index is 0.169. The number of hydrogen-bond acceptors (Lipinski definition) is 4. The van der Waals surface area contributed by atoms with Crippen LogP contribution in [-0.4, -0.2) is 32.6 Å². The number of hydrogen-bond donors (Lipinski definition) is 2. The van der Waals surface area contributed by atoms with Crippen LogP contribution in [0.4, 0.5) is 0 Å². The lowest BCUT2D eigenvalue weighted by Gasteiger charge is -2.11. The number of nitrogens with one attached hydrogen (secondary N) is 2. The highest BCUT2D eigenvalue weighted by Gasteiger charge is 2.12. The number of methoxy groups -OCH3 is 2. The van der Waals surface area contributed by atoms with E-state index in [2.05, 4.69) is 10.6 Å². The van der Waals surface area contributed by atoms with Crippen molar-refractivity contribution in [1.29, 1.82) is 0 Å². The summed E-state index contributed by atoms with van der Waals surface area (Å²) in [5.41, 5.74) is 2.00. The Hall–Kier alpha value is -3.28. The third kappa shape index (κ3) is 6.18. The van der Waals surface area contributed by atoms with Gasteiger partial charge in [-0.05, 0) is 35.8 Å². The van der Waals surface area contributed by atoms with E-state index in [1.165, 1.54) is 14.0 Å². The molecule has 0 aliphatic rings. The molecule has 0 atom stereocenters. The van der Waals surface area contributed by atoms with E-state index in [4.69, 9.17) is 9.47 Å². The fraction of sp³-hybridized carbons (Fsp3) is 0.238. The molecule has 6 nitrogen and oxygen atoms in total. The lowest BCUT2D eigenvalue weighted by molar-refractivity contribution is -0.122. The van der Waals surface area contributed by atoms with Crippen molar-refractivity contribution in [3.63, 3.8) is 0 Å². The molecule has 0 aliphatic carbocycles. The second-order valence-electron chi connectivity index (χ2n) is 5.85. The van der Waals surface area contributed by atoms with Crippen molar-refractivity contribution in [2.45, 2.75) is 13.3 Å². The van der Waals surface area contributed by atoms with Crippen LogP contribution in [0.15, 0.2) is 54.2 Å². The molecule has 0 spiro atoms. The van der Waals surface area contributed by atoms with Crippen LogP contribution >= 0.6 is 0 Å². The van der Waals surface area contributed by atoms with E-state index in [-0.39, 0.29) is 17.5 Å². The zero-order chi connectivity index (χ0) is 19.6. The van der Waals surface area contributed by atoms with E-state index in [1.807, 2.05) is 30.3 Å². The first-order chi connectivity index (χ1) is 13.0. The fourth-order valence-corrected chi connectivity index (χ4v) is 2.52. The lowest BCUT2D eigenvalue weighted by Crippen LogP contribution is -2.34. The molecule has 2 rings (SSSR count). The maximum Gasteiger partial charge on any atom is 0.267 e. The van der Waals surface area contributed by atoms with Crippen molar-refractivity contribution < 1.29 is 19.1 Å². The fourth-order valence-electron chi connectivity index (χ4n) is 2.52. The quantitative estimate of drug-likeness (QED) is 0.702. The predicted molar refractivity (Wildman–Crippen MR) is 104 cm³/mol. The van der Waals surface area contributed by atoms with Crippen molar-refractivity contribution in [2.24, 2.45) is 0 Å². The Morgan fingerprint density at radius 2 is 1.70 bits per heavy atom. The van der Waals surface area contributed by atoms with Gasteiger partial charge in [0.1, 0.15) is 5.70 Å². The molecule has 0 bridgehead atoms. The molecule has 142 valence electrons. The molecule has 27 heavy (non-hydrogen) atoms. The first kappa shape index (κ1) is 20.0. The molecule has 0 saturated heterocycles. The molecule has 0 radical (unpaired) electrons. The average Bonchev–Trinajstić information content (AvgIpc) is 2.67. The van der Waals surface area contributed by atoms with Gasteiger partial charge < -0.3 is 20.1 Å². The summed E-state index contributed by atoms with van der Waals surface area (Å²) in [5, 5.41) is 5.41. The summed E-state index contributed by atoms with van der Waals surface area (Å²) in [6.07, 6.45) is 2.30. The van der Waals surface area contributed by atoms with Crippen molar-refractivity contribution in [1.82, 2.24) is 10.6 Å². The third-order valence-electron chi connectivity index (χ3n) is 3.82. The maximum atomic E-state index is 12.5. The molecule has 0 unspecified atom stereocenters. The first-order valence-electron chi connectivity index (χ1n) is 8.57. The van der Waals surface area contributed by atoms with Crippen molar-refractivity contribution >= 4 is 17.9 Å². The number of rotatable bonds is 8. The highest BCUT2D eigenvalue weighted by atomic mass is 16.5. The summed E-state index contributed by atoms with van der Waals surface area (Å²) in [4.78, 5) is 24.0. The Bertz CT molecular complexity index is 816. The van der Waals surface area contributed by atoms with E-state index < -0.39 is 0 Å². The highest BCUT2D eigenvalue weighted by Crippen LogP contribution is 2.28. The van der Waals surface area contributed by atoms with Crippen LogP contribution in [0.5, 0.6) is 11.5 Å². The summed E-state index contributed by atoms with van der Waals surface area (Å²) in [6.45, 7) is 1.82. The van der Waals surface area contributed by atoms with Gasteiger partial charge in [0, 0.05) is 13.5 Å². The number of benzene rings is 2. The molecule has 2 amide bonds. The van der Waals surface area contributed by atoms with E-state index >= 15 is 0 Å². The zero-order valence-electron chi connectivity index (χ0n) is 15.7. The second kappa shape index (κ2) is 10.0. The van der Waals surface area contributed by atoms with Crippen molar-refractivity contribution in [3.8, 4) is 11.5 Å². The number of carbonyl (C=O) groups is 2. The van der Waals surface area contributed by atoms with E-state index in [1.54, 1.807) is 31.4 Å². The minimum Gasteiger partial charge on any atom is -0.493 e. The molecule has 2 N–H and O–H groups in total. The zero-order valence-corrected chi connectivity index (χ0v) is 15.7. The SMILES string of the molecule is COc1ccc(/C=C(/NC(C)=O)C(=O)NCCc2ccccc2)cc1OC. The van der Waals surface area contributed by atoms with Crippen LogP contribution in [0.25, 0.3) is 6.08 Å². The summed E-state index contributed by atoms with van der Waals surface area (Å²) < 4.78 is 10.5. The molecular weight excluding hydrogens is 344 g/mol. The van der Waals surface area contributed by atoms with Gasteiger partial charge in [-0.2, -0.15) is 0 Å². The monoisotopic (exact) mass is 368 g/mol. The van der Waals surface area contributed by atoms with Gasteiger partial charge in [0.25, 0.3) is 5.91 Å². The topological polar surface area (TPSA) is 76.7 Å². The maximum absolute atomic E-state index is 12.5. The molecule has 2 aromatic carbocycles. The highest BCUT2D eigenvalue weighted by molar-refractivity contribution is 6.00. The summed E-state index contributed by atoms with van der Waals surface area (Å²) in [5.74, 6) is 0.455. The summed E-state index contributed by atoms with van der Waals surface area (Å²) in [6, 6.07) is 15.1. The lowest BCUT2D eigenvalue weighted by atomic mass is 10.1. The van der Waals surface area contributed by atoms with E-state index in [0.717, 1.165) is 5.56 Å². The van der Waals surface area contributed by atoms with Crippen LogP contribution in [-0.2, 0) is 16.0 Å². The van der Waals surface area contributed by atoms with Gasteiger partial charge in [-0.1, -0.05) is 36.4 Å². The van der Waals surface area contributed by atoms with Crippen LogP contribution in [0.2, 0.25) is 0 Å². The van der Waals surface area contributed by atoms with Gasteiger partial charge in [0.15, 0.2) is 11.5 Å². The molecular formula is C21H24N2O4. The van der Waals surface area contributed by atoms with E-state index in [0.29, 0.717) is 30.0 Å². The minimum atomic E-state index is -0.351. The Kier molecular flexibility index (Phi) is 7.43. The number of ether oxygens (including phenoxy) is 2. The van der Waals surface area contributed by atoms with Crippen LogP contribution in [0.3, 0.4) is 0 Å². The van der Waals surface area contributed by atoms with Gasteiger partial charge in [-0.3, -0.25) is 9.59 Å². The average molecular weight is 368 g/mol. The summed E-state index contributed by atoms with van der Waals surface area (Å²) in [7, 11) is 3.09. The van der Waals surface area contributed by atoms with E-state index in [9.17, 15) is 9.59 Å². The van der Waals surface area contributed by atoms with Crippen LogP contribution in [0, 0.1) is 0 Å². The predicted octanol–water partition coefficient (Wildman–Crippen LogP) is 2.54. The molecule has 0 fully saturated rings. The van der Waals surface area contributed by atoms with Gasteiger partial charge in [0.05, 0.1) is 14.2 Å². The first-order valence-corrected chi connectivity index (χ1v) is 8.57. The molecule has 0 aromatic heterocycles. The summed E-state index contributed by atoms with van der Waals surface area (Å²) >= 11 is 0. The molecule has 2 aromatic rings. The van der Waals surface area contributed by atoms with Crippen LogP contribution < -0.4 is 20.1 Å². The smallest absolute Gasteiger partial charge is 0.267 e. The number of amides is 2. The Morgan fingerprint density at radius 1 is 1.00 bits per heavy atom. The number of carbonyl (C=O) groups excluding carboxylic acids is 2. The molecule has 6 heteroatoms. The van der Waals surface area contributed by atoms with Crippen molar-refractivity contribution in [2.75, 3.05) is 20.8 Å². The van der Waals surface area contributed by atoms with Crippen LogP contribution in [0.1, 0.15) is 18.1 Å². The van der Waals surface area contributed by atoms with Gasteiger partial charge >= 0.3 is 0 Å².